The van der Waals surface area contributed by atoms with Gasteiger partial charge in [-0.1, -0.05) is 55.5 Å². The lowest BCUT2D eigenvalue weighted by Crippen LogP contribution is -2.38. The van der Waals surface area contributed by atoms with Gasteiger partial charge < -0.3 is 20.5 Å². The van der Waals surface area contributed by atoms with E-state index in [0.29, 0.717) is 12.1 Å². The highest BCUT2D eigenvalue weighted by molar-refractivity contribution is 7.11. The van der Waals surface area contributed by atoms with Crippen LogP contribution in [0.4, 0.5) is 9.80 Å². The first-order valence-electron chi connectivity index (χ1n) is 11.0. The van der Waals surface area contributed by atoms with Crippen molar-refractivity contribution in [1.29, 1.82) is 0 Å². The van der Waals surface area contributed by atoms with Crippen molar-refractivity contribution in [2.45, 2.75) is 38.6 Å². The van der Waals surface area contributed by atoms with Gasteiger partial charge in [0, 0.05) is 18.4 Å². The predicted molar refractivity (Wildman–Crippen MR) is 129 cm³/mol. The molecule has 4 rings (SSSR count). The Hall–Kier alpha value is -3.72. The van der Waals surface area contributed by atoms with E-state index in [1.807, 2.05) is 43.3 Å². The summed E-state index contributed by atoms with van der Waals surface area (Å²) >= 11 is 0.918. The van der Waals surface area contributed by atoms with Crippen molar-refractivity contribution in [3.63, 3.8) is 0 Å². The molecule has 1 aromatic heterocycles. The number of hydrogen-bond donors (Lipinski definition) is 3. The molecule has 0 spiro atoms. The van der Waals surface area contributed by atoms with Crippen LogP contribution in [0.5, 0.6) is 0 Å². The fourth-order valence-corrected chi connectivity index (χ4v) is 5.02. The molecule has 0 fully saturated rings. The average molecular weight is 480 g/mol. The molecule has 8 nitrogen and oxygen atoms in total. The SMILES string of the molecule is CC[C@@H](CC(=O)Nc1snc(C)c1C(=O)O)NC(=O)OCC1c2ccccc2-c2ccccc21. The zero-order valence-corrected chi connectivity index (χ0v) is 19.6. The lowest BCUT2D eigenvalue weighted by molar-refractivity contribution is -0.116. The van der Waals surface area contributed by atoms with Crippen LogP contribution in [0.1, 0.15) is 52.9 Å². The summed E-state index contributed by atoms with van der Waals surface area (Å²) in [4.78, 5) is 36.4. The van der Waals surface area contributed by atoms with Gasteiger partial charge in [-0.3, -0.25) is 4.79 Å². The van der Waals surface area contributed by atoms with E-state index in [1.54, 1.807) is 6.92 Å². The summed E-state index contributed by atoms with van der Waals surface area (Å²) in [6.07, 6.45) is -0.108. The summed E-state index contributed by atoms with van der Waals surface area (Å²) in [5, 5.41) is 14.8. The number of nitrogens with one attached hydrogen (secondary N) is 2. The minimum Gasteiger partial charge on any atom is -0.478 e. The van der Waals surface area contributed by atoms with E-state index in [4.69, 9.17) is 4.74 Å². The molecule has 0 radical (unpaired) electrons. The number of aromatic carboxylic acids is 1. The molecule has 1 aliphatic carbocycles. The third kappa shape index (κ3) is 4.79. The van der Waals surface area contributed by atoms with Crippen LogP contribution >= 0.6 is 11.5 Å². The van der Waals surface area contributed by atoms with Crippen LogP contribution in [0.2, 0.25) is 0 Å². The van der Waals surface area contributed by atoms with Gasteiger partial charge in [-0.25, -0.2) is 9.59 Å². The zero-order chi connectivity index (χ0) is 24.2. The first-order chi connectivity index (χ1) is 16.4. The molecule has 1 atom stereocenters. The summed E-state index contributed by atoms with van der Waals surface area (Å²) in [5.74, 6) is -1.60. The van der Waals surface area contributed by atoms with E-state index in [2.05, 4.69) is 27.1 Å². The largest absolute Gasteiger partial charge is 0.478 e. The topological polar surface area (TPSA) is 118 Å². The predicted octanol–water partition coefficient (Wildman–Crippen LogP) is 4.80. The van der Waals surface area contributed by atoms with E-state index >= 15 is 0 Å². The highest BCUT2D eigenvalue weighted by Gasteiger charge is 2.29. The number of hydrogen-bond acceptors (Lipinski definition) is 6. The van der Waals surface area contributed by atoms with Crippen molar-refractivity contribution in [1.82, 2.24) is 9.69 Å². The molecule has 3 N–H and O–H groups in total. The van der Waals surface area contributed by atoms with E-state index in [0.717, 1.165) is 33.8 Å². The number of carboxylic acids is 1. The number of carbonyl (C=O) groups is 3. The Morgan fingerprint density at radius 1 is 1.09 bits per heavy atom. The Bertz CT molecular complexity index is 1190. The number of benzene rings is 2. The van der Waals surface area contributed by atoms with Crippen molar-refractivity contribution in [2.75, 3.05) is 11.9 Å². The Balaban J connectivity index is 1.34. The number of ether oxygens (including phenoxy) is 1. The second kappa shape index (κ2) is 10.0. The minimum absolute atomic E-state index is 0.0172. The Kier molecular flexibility index (Phi) is 6.93. The molecule has 2 aromatic carbocycles. The summed E-state index contributed by atoms with van der Waals surface area (Å²) < 4.78 is 9.55. The Labute approximate surface area is 201 Å². The number of aromatic nitrogens is 1. The van der Waals surface area contributed by atoms with Crippen molar-refractivity contribution < 1.29 is 24.2 Å². The number of rotatable bonds is 8. The zero-order valence-electron chi connectivity index (χ0n) is 18.8. The van der Waals surface area contributed by atoms with Crippen LogP contribution in [-0.4, -0.2) is 40.1 Å². The van der Waals surface area contributed by atoms with E-state index in [9.17, 15) is 19.5 Å². The Morgan fingerprint density at radius 2 is 1.71 bits per heavy atom. The second-order valence-corrected chi connectivity index (χ2v) is 8.88. The molecule has 34 heavy (non-hydrogen) atoms. The fourth-order valence-electron chi connectivity index (χ4n) is 4.21. The van der Waals surface area contributed by atoms with Gasteiger partial charge in [0.2, 0.25) is 5.91 Å². The molecule has 0 aliphatic heterocycles. The first kappa shape index (κ1) is 23.4. The number of nitrogens with zero attached hydrogens (tertiary/aromatic N) is 1. The number of carboxylic acid groups (broad SMARTS) is 1. The maximum Gasteiger partial charge on any atom is 0.407 e. The summed E-state index contributed by atoms with van der Waals surface area (Å²) in [7, 11) is 0. The van der Waals surface area contributed by atoms with Crippen molar-refractivity contribution in [3.8, 4) is 11.1 Å². The monoisotopic (exact) mass is 479 g/mol. The first-order valence-corrected chi connectivity index (χ1v) is 11.8. The smallest absolute Gasteiger partial charge is 0.407 e. The van der Waals surface area contributed by atoms with Crippen LogP contribution in [0.15, 0.2) is 48.5 Å². The fraction of sp³-hybridized carbons (Fsp3) is 0.280. The second-order valence-electron chi connectivity index (χ2n) is 8.10. The molecule has 0 saturated carbocycles. The number of alkyl carbamates (subject to hydrolysis) is 1. The standard InChI is InChI=1S/C25H25N3O5S/c1-3-15(12-21(29)27-23-22(24(30)31)14(2)28-34-23)26-25(32)33-13-20-18-10-6-4-8-16(18)17-9-5-7-11-19(17)20/h4-11,15,20H,3,12-13H2,1-2H3,(H,26,32)(H,27,29)(H,30,31)/t15-/m0/s1. The van der Waals surface area contributed by atoms with Crippen molar-refractivity contribution in [2.24, 2.45) is 0 Å². The van der Waals surface area contributed by atoms with Crippen LogP contribution < -0.4 is 10.6 Å². The van der Waals surface area contributed by atoms with Gasteiger partial charge >= 0.3 is 12.1 Å². The molecule has 176 valence electrons. The van der Waals surface area contributed by atoms with Crippen molar-refractivity contribution in [3.05, 3.63) is 70.9 Å². The van der Waals surface area contributed by atoms with E-state index in [1.165, 1.54) is 0 Å². The van der Waals surface area contributed by atoms with E-state index < -0.39 is 24.0 Å². The molecule has 3 aromatic rings. The third-order valence-electron chi connectivity index (χ3n) is 5.92. The number of amides is 2. The molecule has 2 amide bonds. The molecule has 0 unspecified atom stereocenters. The maximum atomic E-state index is 12.5. The van der Waals surface area contributed by atoms with Gasteiger partial charge in [-0.05, 0) is 47.1 Å². The molecule has 0 saturated heterocycles. The number of fused-ring (bicyclic) bond motifs is 3. The van der Waals surface area contributed by atoms with Crippen LogP contribution in [0.3, 0.4) is 0 Å². The van der Waals surface area contributed by atoms with Gasteiger partial charge in [0.05, 0.1) is 5.69 Å². The molecule has 1 aliphatic rings. The quantitative estimate of drug-likeness (QED) is 0.427. The minimum atomic E-state index is -1.15. The van der Waals surface area contributed by atoms with Gasteiger partial charge in [0.1, 0.15) is 17.2 Å². The van der Waals surface area contributed by atoms with Gasteiger partial charge in [-0.15, -0.1) is 0 Å². The maximum absolute atomic E-state index is 12.5. The number of aryl methyl sites for hydroxylation is 1. The molecular weight excluding hydrogens is 454 g/mol. The summed E-state index contributed by atoms with van der Waals surface area (Å²) in [5.41, 5.74) is 4.87. The van der Waals surface area contributed by atoms with Crippen LogP contribution in [0.25, 0.3) is 11.1 Å². The summed E-state index contributed by atoms with van der Waals surface area (Å²) in [6.45, 7) is 3.61. The highest BCUT2D eigenvalue weighted by atomic mass is 32.1. The number of carbonyl (C=O) groups excluding carboxylic acids is 2. The lowest BCUT2D eigenvalue weighted by Gasteiger charge is -2.18. The summed E-state index contributed by atoms with van der Waals surface area (Å²) in [6, 6.07) is 15.7. The number of anilines is 1. The average Bonchev–Trinajstić information content (AvgIpc) is 3.34. The Morgan fingerprint density at radius 3 is 2.29 bits per heavy atom. The van der Waals surface area contributed by atoms with Gasteiger partial charge in [0.25, 0.3) is 0 Å². The third-order valence-corrected chi connectivity index (χ3v) is 6.77. The van der Waals surface area contributed by atoms with Gasteiger partial charge in [0.15, 0.2) is 0 Å². The highest BCUT2D eigenvalue weighted by Crippen LogP contribution is 2.44. The molecule has 9 heteroatoms. The molecule has 0 bridgehead atoms. The molecule has 1 heterocycles. The van der Waals surface area contributed by atoms with Gasteiger partial charge in [-0.2, -0.15) is 4.37 Å². The lowest BCUT2D eigenvalue weighted by atomic mass is 9.98. The van der Waals surface area contributed by atoms with Crippen molar-refractivity contribution >= 4 is 34.5 Å². The normalized spacial score (nSPS) is 13.0. The van der Waals surface area contributed by atoms with Crippen LogP contribution in [0, 0.1) is 6.92 Å². The van der Waals surface area contributed by atoms with Crippen LogP contribution in [-0.2, 0) is 9.53 Å². The molecular formula is C25H25N3O5S. The van der Waals surface area contributed by atoms with E-state index in [-0.39, 0.29) is 29.5 Å².